The first kappa shape index (κ1) is 21.1. The van der Waals surface area contributed by atoms with Crippen LogP contribution in [-0.4, -0.2) is 26.4 Å². The van der Waals surface area contributed by atoms with Crippen LogP contribution in [0.25, 0.3) is 0 Å². The zero-order valence-corrected chi connectivity index (χ0v) is 16.3. The van der Waals surface area contributed by atoms with Crippen molar-refractivity contribution in [3.63, 3.8) is 0 Å². The topological polar surface area (TPSA) is 75.3 Å². The van der Waals surface area contributed by atoms with Crippen molar-refractivity contribution < 1.29 is 17.6 Å². The summed E-state index contributed by atoms with van der Waals surface area (Å²) in [5, 5.41) is 2.86. The molecule has 7 heteroatoms. The van der Waals surface area contributed by atoms with E-state index < -0.39 is 21.9 Å². The third kappa shape index (κ3) is 6.45. The average molecular weight is 392 g/mol. The normalized spacial score (nSPS) is 13.7. The van der Waals surface area contributed by atoms with Crippen molar-refractivity contribution in [3.8, 4) is 0 Å². The van der Waals surface area contributed by atoms with Crippen molar-refractivity contribution in [2.75, 3.05) is 0 Å². The summed E-state index contributed by atoms with van der Waals surface area (Å²) < 4.78 is 40.8. The molecule has 1 amide bonds. The van der Waals surface area contributed by atoms with E-state index in [0.717, 1.165) is 30.5 Å². The Kier molecular flexibility index (Phi) is 7.50. The lowest BCUT2D eigenvalue weighted by Crippen LogP contribution is -2.50. The van der Waals surface area contributed by atoms with Gasteiger partial charge in [0.2, 0.25) is 15.9 Å². The Bertz CT molecular complexity index is 839. The summed E-state index contributed by atoms with van der Waals surface area (Å²) in [6.07, 6.45) is 1.92. The van der Waals surface area contributed by atoms with E-state index in [2.05, 4.69) is 10.0 Å². The van der Waals surface area contributed by atoms with E-state index in [1.165, 1.54) is 12.1 Å². The molecule has 2 aromatic carbocycles. The molecule has 2 atom stereocenters. The first-order chi connectivity index (χ1) is 12.8. The van der Waals surface area contributed by atoms with E-state index in [-0.39, 0.29) is 23.3 Å². The lowest BCUT2D eigenvalue weighted by molar-refractivity contribution is -0.123. The third-order valence-electron chi connectivity index (χ3n) is 4.13. The quantitative estimate of drug-likeness (QED) is 0.689. The molecule has 0 aliphatic heterocycles. The predicted octanol–water partition coefficient (Wildman–Crippen LogP) is 3.02. The first-order valence-electron chi connectivity index (χ1n) is 8.94. The van der Waals surface area contributed by atoms with Gasteiger partial charge in [0.05, 0.1) is 4.90 Å². The number of rotatable bonds is 9. The minimum Gasteiger partial charge on any atom is -0.352 e. The van der Waals surface area contributed by atoms with Crippen molar-refractivity contribution in [1.29, 1.82) is 0 Å². The van der Waals surface area contributed by atoms with Gasteiger partial charge in [0.25, 0.3) is 0 Å². The molecule has 0 spiro atoms. The molecule has 2 aromatic rings. The van der Waals surface area contributed by atoms with E-state index >= 15 is 0 Å². The molecule has 0 unspecified atom stereocenters. The minimum absolute atomic E-state index is 0.0592. The lowest BCUT2D eigenvalue weighted by Gasteiger charge is -2.21. The van der Waals surface area contributed by atoms with Crippen LogP contribution in [-0.2, 0) is 21.2 Å². The Hall–Kier alpha value is -2.25. The maximum atomic E-state index is 13.1. The molecule has 0 saturated carbocycles. The highest BCUT2D eigenvalue weighted by Gasteiger charge is 2.26. The molecule has 0 aliphatic carbocycles. The molecule has 0 fully saturated rings. The van der Waals surface area contributed by atoms with Crippen LogP contribution in [0.2, 0.25) is 0 Å². The molecule has 0 saturated heterocycles. The summed E-state index contributed by atoms with van der Waals surface area (Å²) in [4.78, 5) is 12.6. The maximum absolute atomic E-state index is 13.1. The Morgan fingerprint density at radius 2 is 1.70 bits per heavy atom. The molecule has 0 bridgehead atoms. The minimum atomic E-state index is -3.97. The summed E-state index contributed by atoms with van der Waals surface area (Å²) in [6, 6.07) is 12.7. The van der Waals surface area contributed by atoms with Gasteiger partial charge in [0.15, 0.2) is 0 Å². The van der Waals surface area contributed by atoms with E-state index in [1.54, 1.807) is 0 Å². The smallest absolute Gasteiger partial charge is 0.241 e. The first-order valence-corrected chi connectivity index (χ1v) is 10.4. The Morgan fingerprint density at radius 3 is 2.30 bits per heavy atom. The number of amides is 1. The highest BCUT2D eigenvalue weighted by atomic mass is 32.2. The number of carbonyl (C=O) groups is 1. The second-order valence-electron chi connectivity index (χ2n) is 6.52. The molecule has 0 heterocycles. The number of halogens is 1. The van der Waals surface area contributed by atoms with Crippen molar-refractivity contribution in [1.82, 2.24) is 10.0 Å². The van der Waals surface area contributed by atoms with Crippen LogP contribution < -0.4 is 10.0 Å². The van der Waals surface area contributed by atoms with Crippen molar-refractivity contribution >= 4 is 15.9 Å². The molecule has 5 nitrogen and oxygen atoms in total. The van der Waals surface area contributed by atoms with E-state index in [9.17, 15) is 17.6 Å². The highest BCUT2D eigenvalue weighted by molar-refractivity contribution is 7.89. The van der Waals surface area contributed by atoms with E-state index in [0.29, 0.717) is 0 Å². The molecular formula is C20H25FN2O3S. The largest absolute Gasteiger partial charge is 0.352 e. The molecule has 2 rings (SSSR count). The van der Waals surface area contributed by atoms with Gasteiger partial charge in [0.1, 0.15) is 11.9 Å². The Labute approximate surface area is 160 Å². The van der Waals surface area contributed by atoms with Gasteiger partial charge in [-0.1, -0.05) is 43.7 Å². The van der Waals surface area contributed by atoms with Gasteiger partial charge in [-0.3, -0.25) is 4.79 Å². The van der Waals surface area contributed by atoms with Gasteiger partial charge < -0.3 is 5.32 Å². The van der Waals surface area contributed by atoms with Crippen LogP contribution in [0.4, 0.5) is 4.39 Å². The number of nitrogens with one attached hydrogen (secondary N) is 2. The number of hydrogen-bond donors (Lipinski definition) is 2. The summed E-state index contributed by atoms with van der Waals surface area (Å²) in [5.74, 6) is -0.911. The van der Waals surface area contributed by atoms with Crippen LogP contribution in [0.1, 0.15) is 32.3 Å². The standard InChI is InChI=1S/C20H25FN2O3S/c1-3-7-15(2)22-20(24)19(14-16-8-5-4-6-9-16)23-27(25,26)18-12-10-17(21)11-13-18/h4-6,8-13,15,19,23H,3,7,14H2,1-2H3,(H,22,24)/t15-,19+/m1/s1. The Balaban J connectivity index is 2.22. The second kappa shape index (κ2) is 9.62. The van der Waals surface area contributed by atoms with Crippen LogP contribution in [0, 0.1) is 5.82 Å². The summed E-state index contributed by atoms with van der Waals surface area (Å²) in [5.41, 5.74) is 0.836. The summed E-state index contributed by atoms with van der Waals surface area (Å²) in [6.45, 7) is 3.90. The molecule has 27 heavy (non-hydrogen) atoms. The molecule has 2 N–H and O–H groups in total. The highest BCUT2D eigenvalue weighted by Crippen LogP contribution is 2.12. The van der Waals surface area contributed by atoms with Crippen LogP contribution in [0.5, 0.6) is 0 Å². The maximum Gasteiger partial charge on any atom is 0.241 e. The van der Waals surface area contributed by atoms with Crippen molar-refractivity contribution in [2.45, 2.75) is 50.1 Å². The zero-order chi connectivity index (χ0) is 19.9. The molecule has 146 valence electrons. The van der Waals surface area contributed by atoms with Crippen LogP contribution in [0.3, 0.4) is 0 Å². The fourth-order valence-corrected chi connectivity index (χ4v) is 3.95. The van der Waals surface area contributed by atoms with E-state index in [1.807, 2.05) is 44.2 Å². The van der Waals surface area contributed by atoms with Crippen LogP contribution in [0.15, 0.2) is 59.5 Å². The van der Waals surface area contributed by atoms with Gasteiger partial charge in [-0.15, -0.1) is 0 Å². The molecular weight excluding hydrogens is 367 g/mol. The fraction of sp³-hybridized carbons (Fsp3) is 0.350. The Morgan fingerprint density at radius 1 is 1.07 bits per heavy atom. The van der Waals surface area contributed by atoms with Gasteiger partial charge in [0, 0.05) is 6.04 Å². The van der Waals surface area contributed by atoms with Gasteiger partial charge in [-0.2, -0.15) is 4.72 Å². The number of carbonyl (C=O) groups excluding carboxylic acids is 1. The van der Waals surface area contributed by atoms with Crippen LogP contribution >= 0.6 is 0 Å². The van der Waals surface area contributed by atoms with E-state index in [4.69, 9.17) is 0 Å². The predicted molar refractivity (Wildman–Crippen MR) is 103 cm³/mol. The number of benzene rings is 2. The fourth-order valence-electron chi connectivity index (χ4n) is 2.76. The van der Waals surface area contributed by atoms with Gasteiger partial charge in [-0.05, 0) is 49.6 Å². The number of hydrogen-bond acceptors (Lipinski definition) is 3. The lowest BCUT2D eigenvalue weighted by atomic mass is 10.1. The molecule has 0 aromatic heterocycles. The third-order valence-corrected chi connectivity index (χ3v) is 5.62. The molecule has 0 aliphatic rings. The molecule has 0 radical (unpaired) electrons. The van der Waals surface area contributed by atoms with Crippen molar-refractivity contribution in [2.24, 2.45) is 0 Å². The van der Waals surface area contributed by atoms with Gasteiger partial charge >= 0.3 is 0 Å². The summed E-state index contributed by atoms with van der Waals surface area (Å²) in [7, 11) is -3.97. The second-order valence-corrected chi connectivity index (χ2v) is 8.23. The number of sulfonamides is 1. The summed E-state index contributed by atoms with van der Waals surface area (Å²) >= 11 is 0. The average Bonchev–Trinajstić information content (AvgIpc) is 2.62. The zero-order valence-electron chi connectivity index (χ0n) is 15.5. The van der Waals surface area contributed by atoms with Crippen molar-refractivity contribution in [3.05, 3.63) is 66.0 Å². The SMILES string of the molecule is CCC[C@@H](C)NC(=O)[C@H](Cc1ccccc1)NS(=O)(=O)c1ccc(F)cc1. The monoisotopic (exact) mass is 392 g/mol. The van der Waals surface area contributed by atoms with Gasteiger partial charge in [-0.25, -0.2) is 12.8 Å².